The molecule has 1 aliphatic carbocycles. The van der Waals surface area contributed by atoms with Crippen LogP contribution < -0.4 is 0 Å². The Morgan fingerprint density at radius 3 is 2.28 bits per heavy atom. The zero-order chi connectivity index (χ0) is 13.3. The zero-order valence-corrected chi connectivity index (χ0v) is 10.9. The van der Waals surface area contributed by atoms with Gasteiger partial charge in [-0.25, -0.2) is 0 Å². The van der Waals surface area contributed by atoms with Crippen LogP contribution in [0.3, 0.4) is 0 Å². The second-order valence-electron chi connectivity index (χ2n) is 5.72. The normalized spacial score (nSPS) is 17.5. The van der Waals surface area contributed by atoms with Crippen LogP contribution >= 0.6 is 0 Å². The SMILES string of the molecule is CC(C)(O)c1ccc(C(CC(=O)O)C2CC2)cc1. The second-order valence-corrected chi connectivity index (χ2v) is 5.72. The van der Waals surface area contributed by atoms with Crippen molar-refractivity contribution in [3.05, 3.63) is 35.4 Å². The lowest BCUT2D eigenvalue weighted by Gasteiger charge is -2.20. The number of hydrogen-bond acceptors (Lipinski definition) is 2. The highest BCUT2D eigenvalue weighted by molar-refractivity contribution is 5.68. The fraction of sp³-hybridized carbons (Fsp3) is 0.533. The molecular formula is C15H20O3. The molecule has 3 heteroatoms. The van der Waals surface area contributed by atoms with Crippen molar-refractivity contribution >= 4 is 5.97 Å². The summed E-state index contributed by atoms with van der Waals surface area (Å²) in [6.07, 6.45) is 2.46. The molecule has 1 fully saturated rings. The van der Waals surface area contributed by atoms with Gasteiger partial charge in [0.1, 0.15) is 0 Å². The maximum absolute atomic E-state index is 10.9. The molecule has 1 aliphatic rings. The molecule has 2 N–H and O–H groups in total. The van der Waals surface area contributed by atoms with Gasteiger partial charge in [-0.15, -0.1) is 0 Å². The molecule has 1 aromatic rings. The van der Waals surface area contributed by atoms with E-state index in [0.717, 1.165) is 24.0 Å². The highest BCUT2D eigenvalue weighted by Crippen LogP contribution is 2.44. The molecule has 1 unspecified atom stereocenters. The Morgan fingerprint density at radius 2 is 1.89 bits per heavy atom. The minimum atomic E-state index is -0.847. The number of benzene rings is 1. The summed E-state index contributed by atoms with van der Waals surface area (Å²) >= 11 is 0. The molecule has 1 aromatic carbocycles. The van der Waals surface area contributed by atoms with Crippen molar-refractivity contribution in [2.75, 3.05) is 0 Å². The molecule has 3 nitrogen and oxygen atoms in total. The molecule has 0 aliphatic heterocycles. The van der Waals surface area contributed by atoms with Crippen LogP contribution in [-0.4, -0.2) is 16.2 Å². The first-order chi connectivity index (χ1) is 8.38. The molecule has 0 saturated heterocycles. The summed E-state index contributed by atoms with van der Waals surface area (Å²) in [4.78, 5) is 10.9. The van der Waals surface area contributed by atoms with Crippen LogP contribution in [0.4, 0.5) is 0 Å². The topological polar surface area (TPSA) is 57.5 Å². The Balaban J connectivity index is 2.18. The third-order valence-electron chi connectivity index (χ3n) is 3.63. The average molecular weight is 248 g/mol. The van der Waals surface area contributed by atoms with Crippen molar-refractivity contribution in [1.82, 2.24) is 0 Å². The van der Waals surface area contributed by atoms with Crippen LogP contribution in [0.5, 0.6) is 0 Å². The van der Waals surface area contributed by atoms with Crippen LogP contribution in [0.15, 0.2) is 24.3 Å². The molecule has 0 bridgehead atoms. The van der Waals surface area contributed by atoms with E-state index in [1.807, 2.05) is 24.3 Å². The maximum Gasteiger partial charge on any atom is 0.303 e. The Bertz CT molecular complexity index is 424. The Hall–Kier alpha value is -1.35. The van der Waals surface area contributed by atoms with Crippen molar-refractivity contribution in [3.63, 3.8) is 0 Å². The van der Waals surface area contributed by atoms with Gasteiger partial charge in [0.05, 0.1) is 12.0 Å². The summed E-state index contributed by atoms with van der Waals surface area (Å²) in [7, 11) is 0. The van der Waals surface area contributed by atoms with Gasteiger partial charge in [-0.3, -0.25) is 4.79 Å². The summed E-state index contributed by atoms with van der Waals surface area (Å²) < 4.78 is 0. The maximum atomic E-state index is 10.9. The number of carboxylic acid groups (broad SMARTS) is 1. The lowest BCUT2D eigenvalue weighted by atomic mass is 9.88. The monoisotopic (exact) mass is 248 g/mol. The van der Waals surface area contributed by atoms with Gasteiger partial charge in [0.25, 0.3) is 0 Å². The van der Waals surface area contributed by atoms with Gasteiger partial charge in [0, 0.05) is 0 Å². The van der Waals surface area contributed by atoms with Gasteiger partial charge in [-0.2, -0.15) is 0 Å². The van der Waals surface area contributed by atoms with Crippen molar-refractivity contribution < 1.29 is 15.0 Å². The van der Waals surface area contributed by atoms with E-state index in [0.29, 0.717) is 5.92 Å². The molecule has 1 atom stereocenters. The predicted octanol–water partition coefficient (Wildman–Crippen LogP) is 2.88. The third kappa shape index (κ3) is 3.10. The minimum absolute atomic E-state index is 0.123. The standard InChI is InChI=1S/C15H20O3/c1-15(2,18)12-7-5-11(6-8-12)13(9-14(16)17)10-3-4-10/h5-8,10,13,18H,3-4,9H2,1-2H3,(H,16,17). The molecule has 0 amide bonds. The second kappa shape index (κ2) is 4.73. The number of carbonyl (C=O) groups is 1. The van der Waals surface area contributed by atoms with Gasteiger partial charge in [-0.05, 0) is 49.7 Å². The third-order valence-corrected chi connectivity index (χ3v) is 3.63. The van der Waals surface area contributed by atoms with E-state index in [-0.39, 0.29) is 12.3 Å². The van der Waals surface area contributed by atoms with Gasteiger partial charge in [0.15, 0.2) is 0 Å². The number of rotatable bonds is 5. The van der Waals surface area contributed by atoms with Crippen molar-refractivity contribution in [2.24, 2.45) is 5.92 Å². The predicted molar refractivity (Wildman–Crippen MR) is 69.4 cm³/mol. The highest BCUT2D eigenvalue weighted by Gasteiger charge is 2.33. The molecule has 1 saturated carbocycles. The lowest BCUT2D eigenvalue weighted by Crippen LogP contribution is -2.15. The first-order valence-corrected chi connectivity index (χ1v) is 6.42. The van der Waals surface area contributed by atoms with Gasteiger partial charge in [0.2, 0.25) is 0 Å². The number of hydrogen-bond donors (Lipinski definition) is 2. The van der Waals surface area contributed by atoms with Gasteiger partial charge < -0.3 is 10.2 Å². The van der Waals surface area contributed by atoms with Crippen LogP contribution in [0.2, 0.25) is 0 Å². The molecule has 0 spiro atoms. The van der Waals surface area contributed by atoms with E-state index in [1.165, 1.54) is 0 Å². The minimum Gasteiger partial charge on any atom is -0.481 e. The Kier molecular flexibility index (Phi) is 3.44. The van der Waals surface area contributed by atoms with Crippen LogP contribution in [0.25, 0.3) is 0 Å². The van der Waals surface area contributed by atoms with Crippen molar-refractivity contribution in [3.8, 4) is 0 Å². The highest BCUT2D eigenvalue weighted by atomic mass is 16.4. The first-order valence-electron chi connectivity index (χ1n) is 6.42. The molecule has 0 aromatic heterocycles. The fourth-order valence-corrected chi connectivity index (χ4v) is 2.38. The smallest absolute Gasteiger partial charge is 0.303 e. The number of carboxylic acids is 1. The van der Waals surface area contributed by atoms with Gasteiger partial charge >= 0.3 is 5.97 Å². The molecule has 2 rings (SSSR count). The van der Waals surface area contributed by atoms with E-state index in [9.17, 15) is 9.90 Å². The number of aliphatic hydroxyl groups is 1. The molecule has 98 valence electrons. The van der Waals surface area contributed by atoms with E-state index in [1.54, 1.807) is 13.8 Å². The van der Waals surface area contributed by atoms with Crippen LogP contribution in [0, 0.1) is 5.92 Å². The average Bonchev–Trinajstić information content (AvgIpc) is 3.08. The fourth-order valence-electron chi connectivity index (χ4n) is 2.38. The van der Waals surface area contributed by atoms with Crippen LogP contribution in [-0.2, 0) is 10.4 Å². The van der Waals surface area contributed by atoms with E-state index in [4.69, 9.17) is 5.11 Å². The first kappa shape index (κ1) is 13.1. The summed E-state index contributed by atoms with van der Waals surface area (Å²) in [6.45, 7) is 3.50. The van der Waals surface area contributed by atoms with Crippen molar-refractivity contribution in [1.29, 1.82) is 0 Å². The quantitative estimate of drug-likeness (QED) is 0.842. The molecular weight excluding hydrogens is 228 g/mol. The molecule has 18 heavy (non-hydrogen) atoms. The summed E-state index contributed by atoms with van der Waals surface area (Å²) in [5.41, 5.74) is 1.09. The van der Waals surface area contributed by atoms with Gasteiger partial charge in [-0.1, -0.05) is 24.3 Å². The summed E-state index contributed by atoms with van der Waals surface area (Å²) in [5, 5.41) is 18.9. The summed E-state index contributed by atoms with van der Waals surface area (Å²) in [5.74, 6) is -0.0918. The van der Waals surface area contributed by atoms with E-state index >= 15 is 0 Å². The Labute approximate surface area is 107 Å². The lowest BCUT2D eigenvalue weighted by molar-refractivity contribution is -0.137. The number of aliphatic carboxylic acids is 1. The van der Waals surface area contributed by atoms with Crippen molar-refractivity contribution in [2.45, 2.75) is 44.6 Å². The summed E-state index contributed by atoms with van der Waals surface area (Å²) in [6, 6.07) is 7.71. The molecule has 0 heterocycles. The van der Waals surface area contributed by atoms with E-state index < -0.39 is 11.6 Å². The zero-order valence-electron chi connectivity index (χ0n) is 10.9. The van der Waals surface area contributed by atoms with E-state index in [2.05, 4.69) is 0 Å². The Morgan fingerprint density at radius 1 is 1.33 bits per heavy atom. The van der Waals surface area contributed by atoms with Crippen LogP contribution in [0.1, 0.15) is 50.2 Å². The largest absolute Gasteiger partial charge is 0.481 e. The molecule has 0 radical (unpaired) electrons.